The van der Waals surface area contributed by atoms with E-state index in [0.717, 1.165) is 51.6 Å². The molecule has 2 N–H and O–H groups in total. The van der Waals surface area contributed by atoms with Gasteiger partial charge >= 0.3 is 0 Å². The first-order chi connectivity index (χ1) is 17.4. The van der Waals surface area contributed by atoms with E-state index in [4.69, 9.17) is 4.74 Å². The Morgan fingerprint density at radius 2 is 1.81 bits per heavy atom. The number of ether oxygens (including phenoxy) is 1. The van der Waals surface area contributed by atoms with Crippen LogP contribution in [0, 0.1) is 0 Å². The highest BCUT2D eigenvalue weighted by Crippen LogP contribution is 2.28. The molecule has 3 aromatic carbocycles. The first kappa shape index (κ1) is 25.7. The Kier molecular flexibility index (Phi) is 8.56. The highest BCUT2D eigenvalue weighted by atomic mass is 32.2. The average molecular weight is 505 g/mol. The molecule has 4 rings (SSSR count). The Labute approximate surface area is 215 Å². The summed E-state index contributed by atoms with van der Waals surface area (Å²) in [6.45, 7) is 7.32. The average Bonchev–Trinajstić information content (AvgIpc) is 3.33. The number of amides is 1. The molecule has 0 spiro atoms. The lowest BCUT2D eigenvalue weighted by Gasteiger charge is -2.21. The van der Waals surface area contributed by atoms with Gasteiger partial charge in [0.15, 0.2) is 6.61 Å². The van der Waals surface area contributed by atoms with E-state index in [1.807, 2.05) is 75.4 Å². The van der Waals surface area contributed by atoms with Gasteiger partial charge in [0.2, 0.25) is 5.16 Å². The summed E-state index contributed by atoms with van der Waals surface area (Å²) in [6, 6.07) is 22.1. The van der Waals surface area contributed by atoms with Crippen LogP contribution in [-0.2, 0) is 11.3 Å². The number of carbonyl (C=O) groups is 1. The van der Waals surface area contributed by atoms with Crippen LogP contribution in [-0.4, -0.2) is 50.6 Å². The lowest BCUT2D eigenvalue weighted by Crippen LogP contribution is -2.43. The van der Waals surface area contributed by atoms with Gasteiger partial charge in [0, 0.05) is 23.4 Å². The minimum Gasteiger partial charge on any atom is -0.483 e. The standard InChI is InChI=1S/C27H32N6O2S/c1-27(2,3)29-25(34)19-35-24-15-14-20-10-7-8-13-22(20)23(24)18-28-16-9-17-36-26-30-31-32-33(26)21-11-5-4-6-12-21/h4-8,10-15,28H,9,16-19H2,1-3H3,(H,29,34). The number of benzene rings is 3. The van der Waals surface area contributed by atoms with Crippen LogP contribution in [0.25, 0.3) is 16.5 Å². The van der Waals surface area contributed by atoms with Gasteiger partial charge in [-0.1, -0.05) is 60.3 Å². The molecule has 0 aliphatic heterocycles. The van der Waals surface area contributed by atoms with E-state index < -0.39 is 0 Å². The second-order valence-corrected chi connectivity index (χ2v) is 10.5. The second-order valence-electron chi connectivity index (χ2n) is 9.44. The van der Waals surface area contributed by atoms with Crippen molar-refractivity contribution in [2.24, 2.45) is 0 Å². The number of carbonyl (C=O) groups excluding carboxylic acids is 1. The molecule has 0 radical (unpaired) electrons. The molecule has 0 atom stereocenters. The quantitative estimate of drug-likeness (QED) is 0.231. The molecule has 0 aliphatic rings. The maximum Gasteiger partial charge on any atom is 0.258 e. The van der Waals surface area contributed by atoms with E-state index in [0.29, 0.717) is 6.54 Å². The highest BCUT2D eigenvalue weighted by Gasteiger charge is 2.16. The molecule has 1 amide bonds. The van der Waals surface area contributed by atoms with Gasteiger partial charge in [-0.25, -0.2) is 0 Å². The molecule has 8 nitrogen and oxygen atoms in total. The van der Waals surface area contributed by atoms with Crippen LogP contribution in [0.2, 0.25) is 0 Å². The van der Waals surface area contributed by atoms with Crippen molar-refractivity contribution >= 4 is 28.4 Å². The van der Waals surface area contributed by atoms with Gasteiger partial charge in [0.05, 0.1) is 5.69 Å². The third-order valence-electron chi connectivity index (χ3n) is 5.34. The molecular weight excluding hydrogens is 472 g/mol. The molecule has 0 saturated carbocycles. The van der Waals surface area contributed by atoms with E-state index in [1.54, 1.807) is 16.4 Å². The van der Waals surface area contributed by atoms with Crippen molar-refractivity contribution in [1.29, 1.82) is 0 Å². The van der Waals surface area contributed by atoms with Gasteiger partial charge in [-0.3, -0.25) is 4.79 Å². The minimum absolute atomic E-state index is 0.0185. The number of rotatable bonds is 11. The maximum atomic E-state index is 12.3. The van der Waals surface area contributed by atoms with Crippen LogP contribution in [0.15, 0.2) is 71.9 Å². The van der Waals surface area contributed by atoms with Crippen molar-refractivity contribution in [3.05, 3.63) is 72.3 Å². The molecule has 1 heterocycles. The largest absolute Gasteiger partial charge is 0.483 e. The molecule has 1 aromatic heterocycles. The fourth-order valence-electron chi connectivity index (χ4n) is 3.81. The Balaban J connectivity index is 1.32. The topological polar surface area (TPSA) is 94.0 Å². The summed E-state index contributed by atoms with van der Waals surface area (Å²) in [5.41, 5.74) is 1.71. The van der Waals surface area contributed by atoms with Gasteiger partial charge in [-0.2, -0.15) is 4.68 Å². The van der Waals surface area contributed by atoms with Crippen molar-refractivity contribution < 1.29 is 9.53 Å². The van der Waals surface area contributed by atoms with Gasteiger partial charge in [-0.05, 0) is 73.1 Å². The summed E-state index contributed by atoms with van der Waals surface area (Å²) in [5.74, 6) is 1.47. The first-order valence-corrected chi connectivity index (χ1v) is 13.0. The number of thioether (sulfide) groups is 1. The monoisotopic (exact) mass is 504 g/mol. The Bertz CT molecular complexity index is 1290. The third kappa shape index (κ3) is 7.05. The number of nitrogens with one attached hydrogen (secondary N) is 2. The zero-order chi connectivity index (χ0) is 25.4. The summed E-state index contributed by atoms with van der Waals surface area (Å²) in [6.07, 6.45) is 0.946. The molecule has 9 heteroatoms. The van der Waals surface area contributed by atoms with E-state index in [9.17, 15) is 4.79 Å². The molecule has 0 bridgehead atoms. The zero-order valence-corrected chi connectivity index (χ0v) is 21.7. The second kappa shape index (κ2) is 12.0. The number of tetrazole rings is 1. The van der Waals surface area contributed by atoms with E-state index in [2.05, 4.69) is 38.3 Å². The van der Waals surface area contributed by atoms with Crippen LogP contribution in [0.5, 0.6) is 5.75 Å². The molecule has 36 heavy (non-hydrogen) atoms. The fourth-order valence-corrected chi connectivity index (χ4v) is 4.64. The van der Waals surface area contributed by atoms with Crippen LogP contribution < -0.4 is 15.4 Å². The van der Waals surface area contributed by atoms with Crippen molar-refractivity contribution in [2.75, 3.05) is 18.9 Å². The van der Waals surface area contributed by atoms with E-state index >= 15 is 0 Å². The van der Waals surface area contributed by atoms with Gasteiger partial charge in [-0.15, -0.1) is 5.10 Å². The third-order valence-corrected chi connectivity index (χ3v) is 6.35. The van der Waals surface area contributed by atoms with Crippen LogP contribution in [0.1, 0.15) is 32.8 Å². The molecule has 0 fully saturated rings. The highest BCUT2D eigenvalue weighted by molar-refractivity contribution is 7.99. The van der Waals surface area contributed by atoms with Gasteiger partial charge in [0.25, 0.3) is 5.91 Å². The Morgan fingerprint density at radius 1 is 1.03 bits per heavy atom. The number of hydrogen-bond donors (Lipinski definition) is 2. The van der Waals surface area contributed by atoms with Crippen molar-refractivity contribution in [2.45, 2.75) is 44.4 Å². The summed E-state index contributed by atoms with van der Waals surface area (Å²) in [7, 11) is 0. The van der Waals surface area contributed by atoms with Crippen LogP contribution in [0.4, 0.5) is 0 Å². The summed E-state index contributed by atoms with van der Waals surface area (Å²) >= 11 is 1.63. The first-order valence-electron chi connectivity index (χ1n) is 12.0. The molecule has 0 aliphatic carbocycles. The molecule has 4 aromatic rings. The summed E-state index contributed by atoms with van der Waals surface area (Å²) < 4.78 is 7.71. The van der Waals surface area contributed by atoms with Crippen molar-refractivity contribution in [3.63, 3.8) is 0 Å². The number of para-hydroxylation sites is 1. The Morgan fingerprint density at radius 3 is 2.61 bits per heavy atom. The number of hydrogen-bond acceptors (Lipinski definition) is 7. The zero-order valence-electron chi connectivity index (χ0n) is 20.9. The SMILES string of the molecule is CC(C)(C)NC(=O)COc1ccc2ccccc2c1CNCCCSc1nnnn1-c1ccccc1. The predicted octanol–water partition coefficient (Wildman–Crippen LogP) is 4.38. The van der Waals surface area contributed by atoms with Crippen LogP contribution in [0.3, 0.4) is 0 Å². The molecule has 0 unspecified atom stereocenters. The number of nitrogens with zero attached hydrogens (tertiary/aromatic N) is 4. The Hall–Kier alpha value is -3.43. The fraction of sp³-hybridized carbons (Fsp3) is 0.333. The summed E-state index contributed by atoms with van der Waals surface area (Å²) in [4.78, 5) is 12.3. The summed E-state index contributed by atoms with van der Waals surface area (Å²) in [5, 5.41) is 21.6. The van der Waals surface area contributed by atoms with Gasteiger partial charge < -0.3 is 15.4 Å². The molecule has 188 valence electrons. The smallest absolute Gasteiger partial charge is 0.258 e. The van der Waals surface area contributed by atoms with Gasteiger partial charge in [0.1, 0.15) is 5.75 Å². The molecule has 0 saturated heterocycles. The lowest BCUT2D eigenvalue weighted by molar-refractivity contribution is -0.124. The van der Waals surface area contributed by atoms with Crippen LogP contribution >= 0.6 is 11.8 Å². The predicted molar refractivity (Wildman–Crippen MR) is 144 cm³/mol. The number of fused-ring (bicyclic) bond motifs is 1. The van der Waals surface area contributed by atoms with E-state index in [1.165, 1.54) is 0 Å². The maximum absolute atomic E-state index is 12.3. The van der Waals surface area contributed by atoms with E-state index in [-0.39, 0.29) is 18.1 Å². The molecular formula is C27H32N6O2S. The van der Waals surface area contributed by atoms with Crippen molar-refractivity contribution in [3.8, 4) is 11.4 Å². The normalized spacial score (nSPS) is 11.5. The lowest BCUT2D eigenvalue weighted by atomic mass is 10.0. The number of aromatic nitrogens is 4. The minimum atomic E-state index is -0.295. The van der Waals surface area contributed by atoms with Crippen molar-refractivity contribution in [1.82, 2.24) is 30.8 Å².